The second-order valence-corrected chi connectivity index (χ2v) is 5.74. The van der Waals surface area contributed by atoms with Crippen molar-refractivity contribution in [2.75, 3.05) is 43.6 Å². The fourth-order valence-electron chi connectivity index (χ4n) is 2.71. The fourth-order valence-corrected chi connectivity index (χ4v) is 2.71. The molecule has 6 heteroatoms. The van der Waals surface area contributed by atoms with Gasteiger partial charge in [-0.15, -0.1) is 0 Å². The second kappa shape index (κ2) is 8.38. The number of aromatic nitrogens is 2. The molecular weight excluding hydrogens is 304 g/mol. The molecule has 0 atom stereocenters. The van der Waals surface area contributed by atoms with Gasteiger partial charge in [0.25, 0.3) is 0 Å². The number of methoxy groups -OCH3 is 1. The first kappa shape index (κ1) is 16.4. The summed E-state index contributed by atoms with van der Waals surface area (Å²) in [7, 11) is 1.65. The van der Waals surface area contributed by atoms with Gasteiger partial charge in [0.15, 0.2) is 0 Å². The van der Waals surface area contributed by atoms with Crippen LogP contribution in [0.15, 0.2) is 36.5 Å². The van der Waals surface area contributed by atoms with Crippen molar-refractivity contribution in [3.05, 3.63) is 36.5 Å². The molecule has 1 aromatic heterocycles. The van der Waals surface area contributed by atoms with E-state index in [9.17, 15) is 0 Å². The number of rotatable bonds is 7. The van der Waals surface area contributed by atoms with Crippen LogP contribution >= 0.6 is 0 Å². The largest absolute Gasteiger partial charge is 0.497 e. The van der Waals surface area contributed by atoms with Crippen LogP contribution in [0.4, 0.5) is 11.8 Å². The molecule has 0 bridgehead atoms. The predicted octanol–water partition coefficient (Wildman–Crippen LogP) is 2.97. The summed E-state index contributed by atoms with van der Waals surface area (Å²) < 4.78 is 10.8. The fraction of sp³-hybridized carbons (Fsp3) is 0.444. The molecule has 0 spiro atoms. The van der Waals surface area contributed by atoms with Crippen molar-refractivity contribution in [2.24, 2.45) is 0 Å². The lowest BCUT2D eigenvalue weighted by Gasteiger charge is -2.26. The Morgan fingerprint density at radius 3 is 2.54 bits per heavy atom. The van der Waals surface area contributed by atoms with Crippen molar-refractivity contribution in [1.29, 1.82) is 0 Å². The monoisotopic (exact) mass is 328 g/mol. The molecule has 0 unspecified atom stereocenters. The molecule has 0 aliphatic carbocycles. The maximum absolute atomic E-state index is 5.70. The third-order valence-corrected chi connectivity index (χ3v) is 4.02. The highest BCUT2D eigenvalue weighted by Crippen LogP contribution is 2.18. The molecule has 2 aromatic rings. The van der Waals surface area contributed by atoms with Gasteiger partial charge in [-0.1, -0.05) is 0 Å². The van der Waals surface area contributed by atoms with Crippen LogP contribution in [0.3, 0.4) is 0 Å². The van der Waals surface area contributed by atoms with Gasteiger partial charge in [0.05, 0.1) is 13.7 Å². The molecule has 2 heterocycles. The Morgan fingerprint density at radius 2 is 1.79 bits per heavy atom. The minimum absolute atomic E-state index is 0.565. The Labute approximate surface area is 142 Å². The van der Waals surface area contributed by atoms with Crippen molar-refractivity contribution in [1.82, 2.24) is 9.97 Å². The molecular formula is C18H24N4O2. The zero-order valence-electron chi connectivity index (χ0n) is 14.1. The van der Waals surface area contributed by atoms with Crippen molar-refractivity contribution in [2.45, 2.75) is 19.3 Å². The average Bonchev–Trinajstić information content (AvgIpc) is 2.67. The van der Waals surface area contributed by atoms with Crippen LogP contribution < -0.4 is 19.7 Å². The topological polar surface area (TPSA) is 59.5 Å². The molecule has 24 heavy (non-hydrogen) atoms. The second-order valence-electron chi connectivity index (χ2n) is 5.74. The number of ether oxygens (including phenoxy) is 2. The first-order valence-electron chi connectivity index (χ1n) is 8.44. The van der Waals surface area contributed by atoms with E-state index in [-0.39, 0.29) is 0 Å². The van der Waals surface area contributed by atoms with Crippen LogP contribution in [0.1, 0.15) is 19.3 Å². The lowest BCUT2D eigenvalue weighted by Crippen LogP contribution is -2.31. The van der Waals surface area contributed by atoms with Gasteiger partial charge in [0.1, 0.15) is 23.9 Å². The van der Waals surface area contributed by atoms with Crippen LogP contribution in [0.5, 0.6) is 11.5 Å². The molecule has 1 aromatic carbocycles. The Kier molecular flexibility index (Phi) is 5.71. The maximum atomic E-state index is 5.70. The average molecular weight is 328 g/mol. The van der Waals surface area contributed by atoms with Crippen molar-refractivity contribution in [3.8, 4) is 11.5 Å². The molecule has 0 radical (unpaired) electrons. The Balaban J connectivity index is 1.45. The molecule has 1 fully saturated rings. The number of anilines is 2. The van der Waals surface area contributed by atoms with Crippen molar-refractivity contribution >= 4 is 11.8 Å². The van der Waals surface area contributed by atoms with Gasteiger partial charge in [0, 0.05) is 19.3 Å². The summed E-state index contributed by atoms with van der Waals surface area (Å²) >= 11 is 0. The van der Waals surface area contributed by atoms with Crippen molar-refractivity contribution in [3.63, 3.8) is 0 Å². The number of piperidine rings is 1. The summed E-state index contributed by atoms with van der Waals surface area (Å²) in [5.41, 5.74) is 0. The number of benzene rings is 1. The van der Waals surface area contributed by atoms with Gasteiger partial charge in [-0.05, 0) is 49.6 Å². The molecule has 6 nitrogen and oxygen atoms in total. The Hall–Kier alpha value is -2.50. The third kappa shape index (κ3) is 4.50. The zero-order chi connectivity index (χ0) is 16.6. The van der Waals surface area contributed by atoms with E-state index in [4.69, 9.17) is 9.47 Å². The predicted molar refractivity (Wildman–Crippen MR) is 95.1 cm³/mol. The SMILES string of the molecule is COc1ccc(OCCNc2ccnc(N3CCCCC3)n2)cc1. The van der Waals surface area contributed by atoms with Gasteiger partial charge in [-0.3, -0.25) is 0 Å². The standard InChI is InChI=1S/C18H24N4O2/c1-23-15-5-7-16(8-6-15)24-14-11-19-17-9-10-20-18(21-17)22-12-3-2-4-13-22/h5-10H,2-4,11-14H2,1H3,(H,19,20,21). The maximum Gasteiger partial charge on any atom is 0.227 e. The highest BCUT2D eigenvalue weighted by Gasteiger charge is 2.13. The summed E-state index contributed by atoms with van der Waals surface area (Å²) in [5.74, 6) is 3.31. The lowest BCUT2D eigenvalue weighted by atomic mass is 10.1. The number of nitrogens with zero attached hydrogens (tertiary/aromatic N) is 3. The van der Waals surface area contributed by atoms with E-state index in [1.54, 1.807) is 7.11 Å². The van der Waals surface area contributed by atoms with Crippen LogP contribution in [-0.2, 0) is 0 Å². The number of hydrogen-bond acceptors (Lipinski definition) is 6. The van der Waals surface area contributed by atoms with Crippen molar-refractivity contribution < 1.29 is 9.47 Å². The summed E-state index contributed by atoms with van der Waals surface area (Å²) in [6.45, 7) is 3.34. The van der Waals surface area contributed by atoms with Crippen LogP contribution in [0.2, 0.25) is 0 Å². The van der Waals surface area contributed by atoms with Gasteiger partial charge in [-0.25, -0.2) is 4.98 Å². The molecule has 1 aliphatic rings. The summed E-state index contributed by atoms with van der Waals surface area (Å²) in [6, 6.07) is 9.47. The van der Waals surface area contributed by atoms with Gasteiger partial charge < -0.3 is 19.7 Å². The Bertz CT molecular complexity index is 627. The van der Waals surface area contributed by atoms with Crippen LogP contribution in [0, 0.1) is 0 Å². The lowest BCUT2D eigenvalue weighted by molar-refractivity contribution is 0.331. The van der Waals surface area contributed by atoms with E-state index < -0.39 is 0 Å². The van der Waals surface area contributed by atoms with Gasteiger partial charge in [-0.2, -0.15) is 4.98 Å². The zero-order valence-corrected chi connectivity index (χ0v) is 14.1. The van der Waals surface area contributed by atoms with E-state index in [0.717, 1.165) is 36.4 Å². The number of hydrogen-bond donors (Lipinski definition) is 1. The van der Waals surface area contributed by atoms with E-state index in [1.165, 1.54) is 19.3 Å². The quantitative estimate of drug-likeness (QED) is 0.789. The minimum atomic E-state index is 0.565. The summed E-state index contributed by atoms with van der Waals surface area (Å²) in [4.78, 5) is 11.2. The van der Waals surface area contributed by atoms with E-state index in [2.05, 4.69) is 20.2 Å². The molecule has 1 saturated heterocycles. The molecule has 1 aliphatic heterocycles. The molecule has 1 N–H and O–H groups in total. The normalized spacial score (nSPS) is 14.3. The first-order chi connectivity index (χ1) is 11.8. The first-order valence-corrected chi connectivity index (χ1v) is 8.44. The molecule has 3 rings (SSSR count). The highest BCUT2D eigenvalue weighted by atomic mass is 16.5. The van der Waals surface area contributed by atoms with E-state index in [1.807, 2.05) is 36.5 Å². The van der Waals surface area contributed by atoms with Crippen LogP contribution in [0.25, 0.3) is 0 Å². The van der Waals surface area contributed by atoms with Crippen LogP contribution in [-0.4, -0.2) is 43.3 Å². The molecule has 128 valence electrons. The minimum Gasteiger partial charge on any atom is -0.497 e. The highest BCUT2D eigenvalue weighted by molar-refractivity contribution is 5.41. The summed E-state index contributed by atoms with van der Waals surface area (Å²) in [5, 5.41) is 3.29. The van der Waals surface area contributed by atoms with E-state index >= 15 is 0 Å². The smallest absolute Gasteiger partial charge is 0.227 e. The number of nitrogens with one attached hydrogen (secondary N) is 1. The summed E-state index contributed by atoms with van der Waals surface area (Å²) in [6.07, 6.45) is 5.55. The molecule has 0 amide bonds. The van der Waals surface area contributed by atoms with Gasteiger partial charge in [0.2, 0.25) is 5.95 Å². The van der Waals surface area contributed by atoms with E-state index in [0.29, 0.717) is 13.2 Å². The molecule has 0 saturated carbocycles. The van der Waals surface area contributed by atoms with Gasteiger partial charge >= 0.3 is 0 Å². The third-order valence-electron chi connectivity index (χ3n) is 4.02. The Morgan fingerprint density at radius 1 is 1.04 bits per heavy atom.